The van der Waals surface area contributed by atoms with Gasteiger partial charge in [-0.25, -0.2) is 0 Å². The molecule has 0 spiro atoms. The van der Waals surface area contributed by atoms with Crippen molar-refractivity contribution in [1.82, 2.24) is 5.32 Å². The number of aliphatic hydroxyl groups excluding tert-OH is 1. The van der Waals surface area contributed by atoms with Crippen molar-refractivity contribution in [1.29, 1.82) is 0 Å². The lowest BCUT2D eigenvalue weighted by Crippen LogP contribution is -2.33. The van der Waals surface area contributed by atoms with Crippen molar-refractivity contribution < 1.29 is 5.11 Å². The van der Waals surface area contributed by atoms with Crippen molar-refractivity contribution in [2.75, 3.05) is 13.1 Å². The second-order valence-electron chi connectivity index (χ2n) is 3.80. The quantitative estimate of drug-likeness (QED) is 0.739. The van der Waals surface area contributed by atoms with Crippen molar-refractivity contribution in [2.24, 2.45) is 5.92 Å². The largest absolute Gasteiger partial charge is 0.393 e. The van der Waals surface area contributed by atoms with Gasteiger partial charge in [-0.05, 0) is 38.3 Å². The number of piperidine rings is 1. The van der Waals surface area contributed by atoms with Crippen LogP contribution >= 0.6 is 12.4 Å². The fourth-order valence-electron chi connectivity index (χ4n) is 1.88. The second-order valence-corrected chi connectivity index (χ2v) is 3.80. The van der Waals surface area contributed by atoms with E-state index in [9.17, 15) is 5.11 Å². The molecule has 1 atom stereocenters. The summed E-state index contributed by atoms with van der Waals surface area (Å²) < 4.78 is 0. The maximum absolute atomic E-state index is 9.78. The summed E-state index contributed by atoms with van der Waals surface area (Å²) in [5, 5.41) is 13.1. The Morgan fingerprint density at radius 2 is 2.00 bits per heavy atom. The van der Waals surface area contributed by atoms with Gasteiger partial charge in [-0.3, -0.25) is 0 Å². The molecule has 0 aliphatic carbocycles. The molecule has 0 aromatic rings. The minimum absolute atomic E-state index is 0. The zero-order valence-electron chi connectivity index (χ0n) is 8.46. The second kappa shape index (κ2) is 7.60. The van der Waals surface area contributed by atoms with Crippen molar-refractivity contribution in [3.8, 4) is 0 Å². The Balaban J connectivity index is 0.00000144. The fraction of sp³-hybridized carbons (Fsp3) is 1.00. The molecule has 80 valence electrons. The molecule has 1 heterocycles. The Kier molecular flexibility index (Phi) is 7.72. The Morgan fingerprint density at radius 1 is 1.38 bits per heavy atom. The van der Waals surface area contributed by atoms with Gasteiger partial charge in [0, 0.05) is 0 Å². The maximum atomic E-state index is 9.78. The van der Waals surface area contributed by atoms with Crippen LogP contribution < -0.4 is 5.32 Å². The SMILES string of the molecule is CCCCC(O)C1CCNCC1.Cl. The molecule has 0 aromatic carbocycles. The first-order valence-electron chi connectivity index (χ1n) is 5.23. The Labute approximate surface area is 87.5 Å². The highest BCUT2D eigenvalue weighted by molar-refractivity contribution is 5.85. The monoisotopic (exact) mass is 207 g/mol. The summed E-state index contributed by atoms with van der Waals surface area (Å²) in [6, 6.07) is 0. The first-order valence-corrected chi connectivity index (χ1v) is 5.23. The van der Waals surface area contributed by atoms with Gasteiger partial charge >= 0.3 is 0 Å². The van der Waals surface area contributed by atoms with Crippen LogP contribution in [0.25, 0.3) is 0 Å². The summed E-state index contributed by atoms with van der Waals surface area (Å²) in [6.07, 6.45) is 5.65. The maximum Gasteiger partial charge on any atom is 0.0569 e. The molecule has 2 nitrogen and oxygen atoms in total. The van der Waals surface area contributed by atoms with Gasteiger partial charge in [0.2, 0.25) is 0 Å². The van der Waals surface area contributed by atoms with E-state index in [4.69, 9.17) is 0 Å². The van der Waals surface area contributed by atoms with Gasteiger partial charge < -0.3 is 10.4 Å². The molecule has 1 saturated heterocycles. The molecule has 0 bridgehead atoms. The highest BCUT2D eigenvalue weighted by atomic mass is 35.5. The molecule has 0 amide bonds. The minimum atomic E-state index is -0.0351. The third kappa shape index (κ3) is 4.84. The van der Waals surface area contributed by atoms with E-state index in [1.165, 1.54) is 12.8 Å². The van der Waals surface area contributed by atoms with Crippen molar-refractivity contribution in [2.45, 2.75) is 45.1 Å². The Hall–Kier alpha value is 0.210. The summed E-state index contributed by atoms with van der Waals surface area (Å²) in [6.45, 7) is 4.36. The molecular formula is C10H22ClNO. The van der Waals surface area contributed by atoms with Crippen LogP contribution in [0.4, 0.5) is 0 Å². The van der Waals surface area contributed by atoms with Gasteiger partial charge in [0.05, 0.1) is 6.10 Å². The lowest BCUT2D eigenvalue weighted by Gasteiger charge is -2.27. The predicted octanol–water partition coefficient (Wildman–Crippen LogP) is 1.96. The van der Waals surface area contributed by atoms with Gasteiger partial charge in [-0.15, -0.1) is 12.4 Å². The molecule has 3 heteroatoms. The molecular weight excluding hydrogens is 186 g/mol. The van der Waals surface area contributed by atoms with Gasteiger partial charge in [-0.1, -0.05) is 19.8 Å². The number of rotatable bonds is 4. The third-order valence-corrected chi connectivity index (χ3v) is 2.78. The van der Waals surface area contributed by atoms with E-state index in [0.29, 0.717) is 5.92 Å². The Morgan fingerprint density at radius 3 is 2.54 bits per heavy atom. The predicted molar refractivity (Wildman–Crippen MR) is 58.4 cm³/mol. The van der Waals surface area contributed by atoms with E-state index < -0.39 is 0 Å². The average Bonchev–Trinajstić information content (AvgIpc) is 2.15. The van der Waals surface area contributed by atoms with Crippen LogP contribution in [0.15, 0.2) is 0 Å². The van der Waals surface area contributed by atoms with E-state index in [1.54, 1.807) is 0 Å². The molecule has 1 aliphatic rings. The summed E-state index contributed by atoms with van der Waals surface area (Å²) in [7, 11) is 0. The lowest BCUT2D eigenvalue weighted by atomic mass is 9.89. The number of halogens is 1. The van der Waals surface area contributed by atoms with Gasteiger partial charge in [-0.2, -0.15) is 0 Å². The van der Waals surface area contributed by atoms with Gasteiger partial charge in [0.25, 0.3) is 0 Å². The summed E-state index contributed by atoms with van der Waals surface area (Å²) in [5.74, 6) is 0.567. The normalized spacial score (nSPS) is 20.8. The highest BCUT2D eigenvalue weighted by Gasteiger charge is 2.20. The van der Waals surface area contributed by atoms with Crippen LogP contribution in [-0.4, -0.2) is 24.3 Å². The molecule has 1 aliphatic heterocycles. The van der Waals surface area contributed by atoms with Crippen molar-refractivity contribution in [3.63, 3.8) is 0 Å². The van der Waals surface area contributed by atoms with Crippen LogP contribution in [0.1, 0.15) is 39.0 Å². The molecule has 2 N–H and O–H groups in total. The number of hydrogen-bond acceptors (Lipinski definition) is 2. The first kappa shape index (κ1) is 13.2. The molecule has 1 rings (SSSR count). The zero-order chi connectivity index (χ0) is 8.81. The van der Waals surface area contributed by atoms with E-state index >= 15 is 0 Å². The third-order valence-electron chi connectivity index (χ3n) is 2.78. The van der Waals surface area contributed by atoms with Crippen LogP contribution in [0.3, 0.4) is 0 Å². The number of aliphatic hydroxyl groups is 1. The molecule has 1 unspecified atom stereocenters. The molecule has 13 heavy (non-hydrogen) atoms. The van der Waals surface area contributed by atoms with Crippen LogP contribution in [0.5, 0.6) is 0 Å². The van der Waals surface area contributed by atoms with Crippen molar-refractivity contribution in [3.05, 3.63) is 0 Å². The van der Waals surface area contributed by atoms with Crippen LogP contribution in [0.2, 0.25) is 0 Å². The number of hydrogen-bond donors (Lipinski definition) is 2. The van der Waals surface area contributed by atoms with E-state index in [2.05, 4.69) is 12.2 Å². The van der Waals surface area contributed by atoms with Crippen molar-refractivity contribution >= 4 is 12.4 Å². The summed E-state index contributed by atoms with van der Waals surface area (Å²) in [5.41, 5.74) is 0. The minimum Gasteiger partial charge on any atom is -0.393 e. The summed E-state index contributed by atoms with van der Waals surface area (Å²) in [4.78, 5) is 0. The topological polar surface area (TPSA) is 32.3 Å². The molecule has 1 fully saturated rings. The number of unbranched alkanes of at least 4 members (excludes halogenated alkanes) is 1. The summed E-state index contributed by atoms with van der Waals surface area (Å²) >= 11 is 0. The molecule has 0 radical (unpaired) electrons. The zero-order valence-corrected chi connectivity index (χ0v) is 9.28. The molecule has 0 saturated carbocycles. The lowest BCUT2D eigenvalue weighted by molar-refractivity contribution is 0.0790. The standard InChI is InChI=1S/C10H21NO.ClH/c1-2-3-4-10(12)9-5-7-11-8-6-9;/h9-12H,2-8H2,1H3;1H. The Bertz CT molecular complexity index is 115. The number of nitrogens with one attached hydrogen (secondary N) is 1. The highest BCUT2D eigenvalue weighted by Crippen LogP contribution is 2.19. The molecule has 0 aromatic heterocycles. The van der Waals surface area contributed by atoms with Crippen LogP contribution in [-0.2, 0) is 0 Å². The fourth-order valence-corrected chi connectivity index (χ4v) is 1.88. The van der Waals surface area contributed by atoms with Gasteiger partial charge in [0.1, 0.15) is 0 Å². The van der Waals surface area contributed by atoms with Crippen LogP contribution in [0, 0.1) is 5.92 Å². The van der Waals surface area contributed by atoms with E-state index in [1.807, 2.05) is 0 Å². The smallest absolute Gasteiger partial charge is 0.0569 e. The van der Waals surface area contributed by atoms with E-state index in [-0.39, 0.29) is 18.5 Å². The first-order chi connectivity index (χ1) is 5.84. The average molecular weight is 208 g/mol. The van der Waals surface area contributed by atoms with E-state index in [0.717, 1.165) is 32.4 Å². The van der Waals surface area contributed by atoms with Gasteiger partial charge in [0.15, 0.2) is 0 Å².